The van der Waals surface area contributed by atoms with Crippen LogP contribution in [-0.2, 0) is 15.7 Å². The van der Waals surface area contributed by atoms with E-state index in [9.17, 15) is 9.90 Å². The van der Waals surface area contributed by atoms with Crippen LogP contribution < -0.4 is 5.46 Å². The lowest BCUT2D eigenvalue weighted by atomic mass is 9.72. The molecule has 0 atom stereocenters. The van der Waals surface area contributed by atoms with Crippen molar-refractivity contribution >= 4 is 18.6 Å². The van der Waals surface area contributed by atoms with Crippen LogP contribution >= 0.6 is 0 Å². The third-order valence-electron chi connectivity index (χ3n) is 4.30. The Kier molecular flexibility index (Phi) is 3.69. The number of carbonyl (C=O) groups is 1. The molecule has 1 fully saturated rings. The first-order chi connectivity index (χ1) is 9.19. The number of hydrogen-bond acceptors (Lipinski definition) is 3. The predicted molar refractivity (Wildman–Crippen MR) is 78.5 cm³/mol. The SMILES string of the molecule is CCc1cccc(C(=O)O)c1B1OC(C)(C)C(C)(C)O1. The van der Waals surface area contributed by atoms with Gasteiger partial charge in [0, 0.05) is 5.46 Å². The molecule has 0 unspecified atom stereocenters. The summed E-state index contributed by atoms with van der Waals surface area (Å²) in [5.74, 6) is -0.954. The summed E-state index contributed by atoms with van der Waals surface area (Å²) in [7, 11) is -0.637. The van der Waals surface area contributed by atoms with Crippen molar-refractivity contribution in [3.05, 3.63) is 29.3 Å². The molecule has 0 bridgehead atoms. The molecule has 0 aliphatic carbocycles. The van der Waals surface area contributed by atoms with E-state index in [-0.39, 0.29) is 5.56 Å². The molecule has 0 saturated carbocycles. The first kappa shape index (κ1) is 15.1. The molecular weight excluding hydrogens is 255 g/mol. The molecule has 1 aromatic carbocycles. The third kappa shape index (κ3) is 2.36. The minimum absolute atomic E-state index is 0.253. The monoisotopic (exact) mass is 276 g/mol. The molecule has 0 spiro atoms. The quantitative estimate of drug-likeness (QED) is 0.860. The van der Waals surface area contributed by atoms with E-state index in [4.69, 9.17) is 9.31 Å². The number of aryl methyl sites for hydroxylation is 1. The molecule has 1 aliphatic heterocycles. The summed E-state index contributed by atoms with van der Waals surface area (Å²) in [6.45, 7) is 9.84. The molecule has 1 N–H and O–H groups in total. The Balaban J connectivity index is 2.51. The zero-order valence-corrected chi connectivity index (χ0v) is 12.7. The number of aromatic carboxylic acids is 1. The van der Waals surface area contributed by atoms with Crippen molar-refractivity contribution in [1.82, 2.24) is 0 Å². The fraction of sp³-hybridized carbons (Fsp3) is 0.533. The molecule has 5 heteroatoms. The van der Waals surface area contributed by atoms with E-state index < -0.39 is 24.3 Å². The Bertz CT molecular complexity index is 521. The second-order valence-corrected chi connectivity index (χ2v) is 6.13. The van der Waals surface area contributed by atoms with Gasteiger partial charge in [0.15, 0.2) is 0 Å². The molecule has 1 aliphatic rings. The number of rotatable bonds is 3. The van der Waals surface area contributed by atoms with Gasteiger partial charge in [0.05, 0.1) is 16.8 Å². The highest BCUT2D eigenvalue weighted by Gasteiger charge is 2.52. The molecule has 108 valence electrons. The predicted octanol–water partition coefficient (Wildman–Crippen LogP) is 2.25. The van der Waals surface area contributed by atoms with E-state index in [1.807, 2.05) is 40.7 Å². The molecule has 0 amide bonds. The maximum atomic E-state index is 11.5. The van der Waals surface area contributed by atoms with Crippen LogP contribution in [0.4, 0.5) is 0 Å². The second kappa shape index (κ2) is 4.90. The van der Waals surface area contributed by atoms with Crippen molar-refractivity contribution < 1.29 is 19.2 Å². The van der Waals surface area contributed by atoms with Crippen LogP contribution in [0.3, 0.4) is 0 Å². The largest absolute Gasteiger partial charge is 0.496 e. The van der Waals surface area contributed by atoms with Crippen molar-refractivity contribution in [1.29, 1.82) is 0 Å². The lowest BCUT2D eigenvalue weighted by molar-refractivity contribution is 0.00578. The van der Waals surface area contributed by atoms with E-state index in [1.54, 1.807) is 12.1 Å². The van der Waals surface area contributed by atoms with Gasteiger partial charge in [-0.2, -0.15) is 0 Å². The van der Waals surface area contributed by atoms with Crippen LogP contribution in [0, 0.1) is 0 Å². The van der Waals surface area contributed by atoms with Crippen LogP contribution in [0.25, 0.3) is 0 Å². The van der Waals surface area contributed by atoms with E-state index >= 15 is 0 Å². The molecule has 1 saturated heterocycles. The minimum Gasteiger partial charge on any atom is -0.478 e. The van der Waals surface area contributed by atoms with Gasteiger partial charge in [0.2, 0.25) is 0 Å². The van der Waals surface area contributed by atoms with Crippen LogP contribution in [0.15, 0.2) is 18.2 Å². The minimum atomic E-state index is -0.954. The molecule has 2 rings (SSSR count). The van der Waals surface area contributed by atoms with Gasteiger partial charge in [-0.25, -0.2) is 4.79 Å². The smallest absolute Gasteiger partial charge is 0.478 e. The normalized spacial score (nSPS) is 20.1. The van der Waals surface area contributed by atoms with Crippen molar-refractivity contribution in [2.75, 3.05) is 0 Å². The molecule has 0 aromatic heterocycles. The Morgan fingerprint density at radius 3 is 2.20 bits per heavy atom. The van der Waals surface area contributed by atoms with Gasteiger partial charge in [0.1, 0.15) is 0 Å². The summed E-state index contributed by atoms with van der Waals surface area (Å²) in [6, 6.07) is 5.28. The standard InChI is InChI=1S/C15H21BO4/c1-6-10-8-7-9-11(13(17)18)12(10)16-19-14(2,3)15(4,5)20-16/h7-9H,6H2,1-5H3,(H,17,18). The van der Waals surface area contributed by atoms with Gasteiger partial charge < -0.3 is 14.4 Å². The van der Waals surface area contributed by atoms with Crippen molar-refractivity contribution in [2.45, 2.75) is 52.2 Å². The zero-order valence-electron chi connectivity index (χ0n) is 12.7. The molecule has 0 radical (unpaired) electrons. The average Bonchev–Trinajstić information content (AvgIpc) is 2.57. The summed E-state index contributed by atoms with van der Waals surface area (Å²) in [5.41, 5.74) is 0.884. The topological polar surface area (TPSA) is 55.8 Å². The van der Waals surface area contributed by atoms with Crippen molar-refractivity contribution in [2.24, 2.45) is 0 Å². The third-order valence-corrected chi connectivity index (χ3v) is 4.30. The fourth-order valence-electron chi connectivity index (χ4n) is 2.35. The van der Waals surface area contributed by atoms with Crippen LogP contribution in [0.5, 0.6) is 0 Å². The Morgan fingerprint density at radius 1 is 1.20 bits per heavy atom. The number of carboxylic acid groups (broad SMARTS) is 1. The molecule has 4 nitrogen and oxygen atoms in total. The number of carboxylic acids is 1. The van der Waals surface area contributed by atoms with E-state index in [2.05, 4.69) is 0 Å². The van der Waals surface area contributed by atoms with Crippen LogP contribution in [0.2, 0.25) is 0 Å². The van der Waals surface area contributed by atoms with Gasteiger partial charge in [-0.05, 0) is 45.7 Å². The summed E-state index contributed by atoms with van der Waals surface area (Å²) in [6.07, 6.45) is 0.737. The van der Waals surface area contributed by atoms with Gasteiger partial charge in [-0.15, -0.1) is 0 Å². The van der Waals surface area contributed by atoms with E-state index in [0.717, 1.165) is 12.0 Å². The number of hydrogen-bond donors (Lipinski definition) is 1. The lowest BCUT2D eigenvalue weighted by Gasteiger charge is -2.32. The van der Waals surface area contributed by atoms with Gasteiger partial charge in [0.25, 0.3) is 0 Å². The van der Waals surface area contributed by atoms with Crippen molar-refractivity contribution in [3.8, 4) is 0 Å². The van der Waals surface area contributed by atoms with E-state index in [1.165, 1.54) is 0 Å². The van der Waals surface area contributed by atoms with Gasteiger partial charge in [-0.3, -0.25) is 0 Å². The van der Waals surface area contributed by atoms with Crippen molar-refractivity contribution in [3.63, 3.8) is 0 Å². The first-order valence-corrected chi connectivity index (χ1v) is 6.90. The first-order valence-electron chi connectivity index (χ1n) is 6.90. The van der Waals surface area contributed by atoms with Gasteiger partial charge in [-0.1, -0.05) is 19.1 Å². The number of benzene rings is 1. The molecule has 1 heterocycles. The summed E-state index contributed by atoms with van der Waals surface area (Å²) >= 11 is 0. The highest BCUT2D eigenvalue weighted by atomic mass is 16.7. The fourth-order valence-corrected chi connectivity index (χ4v) is 2.35. The molecule has 20 heavy (non-hydrogen) atoms. The van der Waals surface area contributed by atoms with E-state index in [0.29, 0.717) is 5.46 Å². The Hall–Kier alpha value is -1.33. The highest BCUT2D eigenvalue weighted by molar-refractivity contribution is 6.64. The molecule has 1 aromatic rings. The second-order valence-electron chi connectivity index (χ2n) is 6.13. The Labute approximate surface area is 120 Å². The Morgan fingerprint density at radius 2 is 1.75 bits per heavy atom. The summed E-state index contributed by atoms with van der Waals surface area (Å²) < 4.78 is 12.0. The van der Waals surface area contributed by atoms with Crippen LogP contribution in [0.1, 0.15) is 50.5 Å². The summed E-state index contributed by atoms with van der Waals surface area (Å²) in [5, 5.41) is 9.40. The van der Waals surface area contributed by atoms with Crippen LogP contribution in [-0.4, -0.2) is 29.4 Å². The highest BCUT2D eigenvalue weighted by Crippen LogP contribution is 2.37. The zero-order chi connectivity index (χ0) is 15.1. The van der Waals surface area contributed by atoms with Gasteiger partial charge >= 0.3 is 13.1 Å². The lowest BCUT2D eigenvalue weighted by Crippen LogP contribution is -2.41. The maximum Gasteiger partial charge on any atom is 0.496 e. The molecular formula is C15H21BO4. The average molecular weight is 276 g/mol. The maximum absolute atomic E-state index is 11.5. The summed E-state index contributed by atoms with van der Waals surface area (Å²) in [4.78, 5) is 11.5.